The molecule has 5 aromatic rings. The Hall–Kier alpha value is -4.08. The highest BCUT2D eigenvalue weighted by Crippen LogP contribution is 2.34. The molecule has 0 bridgehead atoms. The van der Waals surface area contributed by atoms with Crippen molar-refractivity contribution in [2.75, 3.05) is 26.3 Å². The summed E-state index contributed by atoms with van der Waals surface area (Å²) < 4.78 is 8.09. The van der Waals surface area contributed by atoms with Crippen molar-refractivity contribution < 1.29 is 14.9 Å². The van der Waals surface area contributed by atoms with Gasteiger partial charge in [0.25, 0.3) is 0 Å². The predicted octanol–water partition coefficient (Wildman–Crippen LogP) is 4.73. The van der Waals surface area contributed by atoms with E-state index in [1.165, 1.54) is 11.1 Å². The summed E-state index contributed by atoms with van der Waals surface area (Å²) in [5, 5.41) is 29.2. The minimum Gasteiger partial charge on any atom is -0.489 e. The third-order valence-electron chi connectivity index (χ3n) is 7.56. The van der Waals surface area contributed by atoms with E-state index in [4.69, 9.17) is 25.0 Å². The van der Waals surface area contributed by atoms with E-state index >= 15 is 0 Å². The van der Waals surface area contributed by atoms with Gasteiger partial charge < -0.3 is 25.6 Å². The number of aryl methyl sites for hydroxylation is 1. The van der Waals surface area contributed by atoms with E-state index in [1.807, 2.05) is 28.9 Å². The number of benzene rings is 3. The first-order chi connectivity index (χ1) is 20.5. The monoisotopic (exact) mass is 565 g/mol. The second-order valence-electron chi connectivity index (χ2n) is 10.5. The molecule has 42 heavy (non-hydrogen) atoms. The van der Waals surface area contributed by atoms with Gasteiger partial charge in [-0.05, 0) is 77.4 Å². The van der Waals surface area contributed by atoms with Gasteiger partial charge in [-0.3, -0.25) is 0 Å². The number of nitrogens with zero attached hydrogens (tertiary/aromatic N) is 3. The number of nitrogens with one attached hydrogen (secondary N) is 2. The summed E-state index contributed by atoms with van der Waals surface area (Å²) in [6.45, 7) is 9.57. The van der Waals surface area contributed by atoms with Crippen LogP contribution < -0.4 is 15.4 Å². The average Bonchev–Trinajstić information content (AvgIpc) is 3.41. The van der Waals surface area contributed by atoms with E-state index in [2.05, 4.69) is 79.9 Å². The van der Waals surface area contributed by atoms with Crippen LogP contribution >= 0.6 is 0 Å². The second kappa shape index (κ2) is 13.7. The van der Waals surface area contributed by atoms with E-state index < -0.39 is 0 Å². The number of pyridine rings is 1. The second-order valence-corrected chi connectivity index (χ2v) is 10.5. The van der Waals surface area contributed by atoms with Gasteiger partial charge in [-0.1, -0.05) is 54.6 Å². The van der Waals surface area contributed by atoms with Gasteiger partial charge >= 0.3 is 0 Å². The van der Waals surface area contributed by atoms with Crippen molar-refractivity contribution in [2.45, 2.75) is 40.5 Å². The zero-order valence-corrected chi connectivity index (χ0v) is 24.5. The number of ether oxygens (including phenoxy) is 1. The van der Waals surface area contributed by atoms with Crippen LogP contribution in [0.4, 0.5) is 0 Å². The number of aliphatic hydroxyl groups excluding tert-OH is 2. The molecule has 8 nitrogen and oxygen atoms in total. The quantitative estimate of drug-likeness (QED) is 0.153. The summed E-state index contributed by atoms with van der Waals surface area (Å²) >= 11 is 0. The topological polar surface area (TPSA) is 104 Å². The minimum absolute atomic E-state index is 0.111. The number of hydrogen-bond donors (Lipinski definition) is 4. The molecule has 2 aromatic heterocycles. The molecule has 0 fully saturated rings. The number of hydrogen-bond acceptors (Lipinski definition) is 7. The molecule has 0 saturated carbocycles. The van der Waals surface area contributed by atoms with Crippen LogP contribution in [0.15, 0.2) is 72.9 Å². The van der Waals surface area contributed by atoms with Crippen LogP contribution in [0.1, 0.15) is 33.4 Å². The maximum atomic E-state index is 9.03. The summed E-state index contributed by atoms with van der Waals surface area (Å²) in [7, 11) is 0. The fourth-order valence-corrected chi connectivity index (χ4v) is 5.21. The number of aliphatic hydroxyl groups is 2. The van der Waals surface area contributed by atoms with Gasteiger partial charge in [-0.2, -0.15) is 0 Å². The first-order valence-electron chi connectivity index (χ1n) is 14.4. The molecule has 0 atom stereocenters. The van der Waals surface area contributed by atoms with Crippen molar-refractivity contribution in [1.29, 1.82) is 0 Å². The highest BCUT2D eigenvalue weighted by atomic mass is 16.5. The van der Waals surface area contributed by atoms with Gasteiger partial charge in [0.05, 0.1) is 13.2 Å². The van der Waals surface area contributed by atoms with E-state index in [-0.39, 0.29) is 13.2 Å². The maximum Gasteiger partial charge on any atom is 0.182 e. The zero-order valence-electron chi connectivity index (χ0n) is 24.5. The predicted molar refractivity (Wildman–Crippen MR) is 166 cm³/mol. The first-order valence-corrected chi connectivity index (χ1v) is 14.4. The molecule has 0 aliphatic heterocycles. The molecule has 0 spiro atoms. The van der Waals surface area contributed by atoms with Crippen molar-refractivity contribution in [3.8, 4) is 28.3 Å². The molecule has 0 amide bonds. The van der Waals surface area contributed by atoms with Crippen molar-refractivity contribution in [1.82, 2.24) is 25.2 Å². The molecule has 2 heterocycles. The van der Waals surface area contributed by atoms with Crippen LogP contribution in [0.5, 0.6) is 5.75 Å². The van der Waals surface area contributed by atoms with Gasteiger partial charge in [0.1, 0.15) is 12.4 Å². The summed E-state index contributed by atoms with van der Waals surface area (Å²) in [5.41, 5.74) is 10.9. The first kappa shape index (κ1) is 29.4. The smallest absolute Gasteiger partial charge is 0.182 e. The Morgan fingerprint density at radius 1 is 0.762 bits per heavy atom. The normalized spacial score (nSPS) is 11.4. The molecule has 4 N–H and O–H groups in total. The van der Waals surface area contributed by atoms with Crippen LogP contribution in [0.2, 0.25) is 0 Å². The number of fused-ring (bicyclic) bond motifs is 1. The largest absolute Gasteiger partial charge is 0.489 e. The van der Waals surface area contributed by atoms with Crippen LogP contribution in [-0.4, -0.2) is 51.1 Å². The lowest BCUT2D eigenvalue weighted by atomic mass is 9.91. The SMILES string of the molecule is Cc1cc(CNCCO)ccc1OCc1cccc(-c2cccc(-c3nc4ccc(CNCCO)cn4n3)c2C)c1C. The molecule has 0 aliphatic rings. The van der Waals surface area contributed by atoms with Crippen molar-refractivity contribution in [3.63, 3.8) is 0 Å². The van der Waals surface area contributed by atoms with Gasteiger partial charge in [-0.25, -0.2) is 9.50 Å². The highest BCUT2D eigenvalue weighted by molar-refractivity contribution is 5.78. The molecule has 8 heteroatoms. The molecule has 0 saturated heterocycles. The Kier molecular flexibility index (Phi) is 9.61. The van der Waals surface area contributed by atoms with E-state index in [1.54, 1.807) is 0 Å². The summed E-state index contributed by atoms with van der Waals surface area (Å²) in [6, 6.07) is 22.9. The highest BCUT2D eigenvalue weighted by Gasteiger charge is 2.15. The van der Waals surface area contributed by atoms with Crippen molar-refractivity contribution >= 4 is 5.65 Å². The van der Waals surface area contributed by atoms with Gasteiger partial charge in [0, 0.05) is 37.9 Å². The Morgan fingerprint density at radius 2 is 1.43 bits per heavy atom. The summed E-state index contributed by atoms with van der Waals surface area (Å²) in [5.74, 6) is 1.56. The standard InChI is InChI=1S/C34H39N5O3/c1-23-18-26(19-35-14-16-40)10-12-32(23)42-22-28-6-4-7-29(24(28)2)30-8-5-9-31(25(30)3)34-37-33-13-11-27(20-36-15-17-41)21-39(33)38-34/h4-13,18,21,35-36,40-41H,14-17,19-20,22H2,1-3H3. The lowest BCUT2D eigenvalue weighted by Crippen LogP contribution is -2.17. The fraction of sp³-hybridized carbons (Fsp3) is 0.294. The molecule has 0 unspecified atom stereocenters. The van der Waals surface area contributed by atoms with Crippen LogP contribution in [0.3, 0.4) is 0 Å². The lowest BCUT2D eigenvalue weighted by molar-refractivity contribution is 0.291. The Labute approximate surface area is 247 Å². The molecule has 3 aromatic carbocycles. The maximum absolute atomic E-state index is 9.03. The average molecular weight is 566 g/mol. The molecule has 5 rings (SSSR count). The molecular formula is C34H39N5O3. The van der Waals surface area contributed by atoms with Crippen LogP contribution in [0, 0.1) is 20.8 Å². The Morgan fingerprint density at radius 3 is 2.17 bits per heavy atom. The molecular weight excluding hydrogens is 526 g/mol. The molecule has 0 aliphatic carbocycles. The molecule has 0 radical (unpaired) electrons. The van der Waals surface area contributed by atoms with E-state index in [9.17, 15) is 0 Å². The van der Waals surface area contributed by atoms with Crippen molar-refractivity contribution in [3.05, 3.63) is 106 Å². The minimum atomic E-state index is 0.111. The number of rotatable bonds is 13. The number of aromatic nitrogens is 3. The third-order valence-corrected chi connectivity index (χ3v) is 7.56. The van der Waals surface area contributed by atoms with Crippen LogP contribution in [-0.2, 0) is 19.7 Å². The molecule has 218 valence electrons. The Balaban J connectivity index is 1.36. The Bertz CT molecular complexity index is 1660. The summed E-state index contributed by atoms with van der Waals surface area (Å²) in [4.78, 5) is 4.81. The summed E-state index contributed by atoms with van der Waals surface area (Å²) in [6.07, 6.45) is 1.98. The zero-order chi connectivity index (χ0) is 29.5. The van der Waals surface area contributed by atoms with E-state index in [0.717, 1.165) is 56.9 Å². The van der Waals surface area contributed by atoms with Crippen molar-refractivity contribution in [2.24, 2.45) is 0 Å². The van der Waals surface area contributed by atoms with Gasteiger partial charge in [0.2, 0.25) is 0 Å². The van der Waals surface area contributed by atoms with Gasteiger partial charge in [0.15, 0.2) is 11.5 Å². The van der Waals surface area contributed by atoms with Gasteiger partial charge in [-0.15, -0.1) is 5.10 Å². The van der Waals surface area contributed by atoms with E-state index in [0.29, 0.717) is 32.1 Å². The lowest BCUT2D eigenvalue weighted by Gasteiger charge is -2.16. The third kappa shape index (κ3) is 6.69. The van der Waals surface area contributed by atoms with Crippen LogP contribution in [0.25, 0.3) is 28.2 Å². The fourth-order valence-electron chi connectivity index (χ4n) is 5.21.